The molecule has 5 nitrogen and oxygen atoms in total. The zero-order valence-corrected chi connectivity index (χ0v) is 7.07. The summed E-state index contributed by atoms with van der Waals surface area (Å²) in [6, 6.07) is 0. The van der Waals surface area contributed by atoms with Gasteiger partial charge in [-0.2, -0.15) is 0 Å². The number of alkyl halides is 1. The van der Waals surface area contributed by atoms with Crippen molar-refractivity contribution in [3.63, 3.8) is 0 Å². The van der Waals surface area contributed by atoms with Crippen LogP contribution in [0.5, 0.6) is 0 Å². The molecule has 0 spiro atoms. The Balaban J connectivity index is 3.37. The molecule has 0 aromatic rings. The molecule has 0 aromatic carbocycles. The van der Waals surface area contributed by atoms with E-state index >= 15 is 0 Å². The Bertz CT molecular complexity index is 140. The quantitative estimate of drug-likeness (QED) is 0.479. The van der Waals surface area contributed by atoms with Gasteiger partial charge in [0.1, 0.15) is 6.10 Å². The summed E-state index contributed by atoms with van der Waals surface area (Å²) in [6.45, 7) is -0.721. The molecule has 3 N–H and O–H groups in total. The van der Waals surface area contributed by atoms with Crippen molar-refractivity contribution in [3.8, 4) is 0 Å². The van der Waals surface area contributed by atoms with Crippen LogP contribution in [0.3, 0.4) is 0 Å². The summed E-state index contributed by atoms with van der Waals surface area (Å²) in [5, 5.41) is 24.2. The molecule has 2 unspecified atom stereocenters. The van der Waals surface area contributed by atoms with Crippen molar-refractivity contribution >= 4 is 17.6 Å². The van der Waals surface area contributed by atoms with E-state index in [1.54, 1.807) is 0 Å². The van der Waals surface area contributed by atoms with Crippen LogP contribution >= 0.6 is 11.6 Å². The molecule has 0 aromatic heterocycles. The second-order valence-electron chi connectivity index (χ2n) is 2.18. The summed E-state index contributed by atoms with van der Waals surface area (Å²) in [5.41, 5.74) is 0. The number of ether oxygens (including phenoxy) is 1. The Morgan fingerprint density at radius 1 is 1.50 bits per heavy atom. The highest BCUT2D eigenvalue weighted by atomic mass is 35.5. The molecule has 0 heterocycles. The van der Waals surface area contributed by atoms with Gasteiger partial charge in [-0.05, 0) is 0 Å². The normalized spacial score (nSPS) is 15.6. The summed E-state index contributed by atoms with van der Waals surface area (Å²) in [4.78, 5) is 10.1. The van der Waals surface area contributed by atoms with Gasteiger partial charge in [-0.15, -0.1) is 11.6 Å². The smallest absolute Gasteiger partial charge is 0.324 e. The van der Waals surface area contributed by atoms with Crippen molar-refractivity contribution in [2.24, 2.45) is 0 Å². The first-order valence-electron chi connectivity index (χ1n) is 3.31. The van der Waals surface area contributed by atoms with Crippen LogP contribution in [0.1, 0.15) is 0 Å². The van der Waals surface area contributed by atoms with Crippen LogP contribution in [-0.4, -0.2) is 52.6 Å². The van der Waals surface area contributed by atoms with E-state index in [4.69, 9.17) is 26.9 Å². The molecule has 0 amide bonds. The van der Waals surface area contributed by atoms with Gasteiger partial charge in [0.2, 0.25) is 0 Å². The fraction of sp³-hybridized carbons (Fsp3) is 0.833. The van der Waals surface area contributed by atoms with Gasteiger partial charge >= 0.3 is 5.97 Å². The Morgan fingerprint density at radius 2 is 2.08 bits per heavy atom. The van der Waals surface area contributed by atoms with Crippen LogP contribution < -0.4 is 0 Å². The van der Waals surface area contributed by atoms with Crippen molar-refractivity contribution in [2.75, 3.05) is 19.8 Å². The van der Waals surface area contributed by atoms with Crippen LogP contribution in [0.4, 0.5) is 0 Å². The Kier molecular flexibility index (Phi) is 6.00. The predicted octanol–water partition coefficient (Wildman–Crippen LogP) is -0.952. The molecular weight excluding hydrogens is 188 g/mol. The van der Waals surface area contributed by atoms with Gasteiger partial charge in [-0.25, -0.2) is 0 Å². The molecule has 0 aliphatic carbocycles. The zero-order chi connectivity index (χ0) is 9.56. The van der Waals surface area contributed by atoms with E-state index in [1.165, 1.54) is 0 Å². The van der Waals surface area contributed by atoms with E-state index in [2.05, 4.69) is 4.74 Å². The molecule has 0 saturated carbocycles. The monoisotopic (exact) mass is 198 g/mol. The third-order valence-electron chi connectivity index (χ3n) is 1.05. The molecule has 0 fully saturated rings. The van der Waals surface area contributed by atoms with E-state index in [9.17, 15) is 4.79 Å². The molecule has 6 heteroatoms. The SMILES string of the molecule is O=C(O)C(Cl)COCC(O)CO. The highest BCUT2D eigenvalue weighted by Crippen LogP contribution is 1.97. The number of aliphatic carboxylic acids is 1. The Morgan fingerprint density at radius 3 is 2.50 bits per heavy atom. The van der Waals surface area contributed by atoms with E-state index in [0.717, 1.165) is 0 Å². The maximum Gasteiger partial charge on any atom is 0.324 e. The number of rotatable bonds is 6. The molecule has 0 radical (unpaired) electrons. The lowest BCUT2D eigenvalue weighted by Gasteiger charge is -2.08. The number of carboxylic acid groups (broad SMARTS) is 1. The van der Waals surface area contributed by atoms with E-state index in [-0.39, 0.29) is 13.2 Å². The van der Waals surface area contributed by atoms with E-state index in [0.29, 0.717) is 0 Å². The number of hydrogen-bond acceptors (Lipinski definition) is 4. The highest BCUT2D eigenvalue weighted by molar-refractivity contribution is 6.29. The molecule has 72 valence electrons. The van der Waals surface area contributed by atoms with Gasteiger partial charge in [-0.1, -0.05) is 0 Å². The Labute approximate surface area is 74.5 Å². The predicted molar refractivity (Wildman–Crippen MR) is 41.2 cm³/mol. The van der Waals surface area contributed by atoms with Crippen molar-refractivity contribution in [1.82, 2.24) is 0 Å². The van der Waals surface area contributed by atoms with Crippen molar-refractivity contribution in [2.45, 2.75) is 11.5 Å². The molecule has 0 bridgehead atoms. The standard InChI is InChI=1S/C6H11ClO5/c7-5(6(10)11)3-12-2-4(9)1-8/h4-5,8-9H,1-3H2,(H,10,11). The summed E-state index contributed by atoms with van der Waals surface area (Å²) in [6.07, 6.45) is -0.984. The van der Waals surface area contributed by atoms with Gasteiger partial charge in [0.15, 0.2) is 5.38 Å². The third kappa shape index (κ3) is 5.31. The lowest BCUT2D eigenvalue weighted by molar-refractivity contribution is -0.138. The second kappa shape index (κ2) is 6.19. The summed E-state index contributed by atoms with van der Waals surface area (Å²) < 4.78 is 4.69. The summed E-state index contributed by atoms with van der Waals surface area (Å²) >= 11 is 5.27. The minimum atomic E-state index is -1.17. The van der Waals surface area contributed by atoms with Crippen LogP contribution in [0.2, 0.25) is 0 Å². The number of halogens is 1. The molecule has 0 aliphatic rings. The van der Waals surface area contributed by atoms with Gasteiger partial charge in [0.05, 0.1) is 19.8 Å². The van der Waals surface area contributed by atoms with Crippen molar-refractivity contribution in [3.05, 3.63) is 0 Å². The molecule has 0 aliphatic heterocycles. The van der Waals surface area contributed by atoms with Crippen molar-refractivity contribution in [1.29, 1.82) is 0 Å². The number of aliphatic hydroxyl groups excluding tert-OH is 2. The van der Waals surface area contributed by atoms with Crippen LogP contribution in [0.15, 0.2) is 0 Å². The highest BCUT2D eigenvalue weighted by Gasteiger charge is 2.13. The lowest BCUT2D eigenvalue weighted by atomic mass is 10.4. The third-order valence-corrected chi connectivity index (χ3v) is 1.37. The van der Waals surface area contributed by atoms with Gasteiger partial charge < -0.3 is 20.1 Å². The zero-order valence-electron chi connectivity index (χ0n) is 6.31. The topological polar surface area (TPSA) is 87.0 Å². The average molecular weight is 199 g/mol. The van der Waals surface area contributed by atoms with Crippen LogP contribution in [-0.2, 0) is 9.53 Å². The minimum Gasteiger partial charge on any atom is -0.480 e. The number of carbonyl (C=O) groups is 1. The molecule has 12 heavy (non-hydrogen) atoms. The van der Waals surface area contributed by atoms with Gasteiger partial charge in [0, 0.05) is 0 Å². The first kappa shape index (κ1) is 11.6. The molecular formula is C6H11ClO5. The first-order valence-corrected chi connectivity index (χ1v) is 3.75. The maximum atomic E-state index is 10.1. The number of aliphatic hydroxyl groups is 2. The van der Waals surface area contributed by atoms with E-state index < -0.39 is 24.1 Å². The Hall–Kier alpha value is -0.360. The van der Waals surface area contributed by atoms with E-state index in [1.807, 2.05) is 0 Å². The largest absolute Gasteiger partial charge is 0.480 e. The van der Waals surface area contributed by atoms with Crippen molar-refractivity contribution < 1.29 is 24.9 Å². The lowest BCUT2D eigenvalue weighted by Crippen LogP contribution is -2.25. The number of carboxylic acids is 1. The van der Waals surface area contributed by atoms with Gasteiger partial charge in [0.25, 0.3) is 0 Å². The second-order valence-corrected chi connectivity index (χ2v) is 2.71. The minimum absolute atomic E-state index is 0.118. The summed E-state index contributed by atoms with van der Waals surface area (Å²) in [5.74, 6) is -1.17. The van der Waals surface area contributed by atoms with Crippen LogP contribution in [0.25, 0.3) is 0 Å². The number of hydrogen-bond donors (Lipinski definition) is 3. The maximum absolute atomic E-state index is 10.1. The molecule has 0 rings (SSSR count). The summed E-state index contributed by atoms with van der Waals surface area (Å²) in [7, 11) is 0. The molecule has 0 saturated heterocycles. The van der Waals surface area contributed by atoms with Crippen LogP contribution in [0, 0.1) is 0 Å². The molecule has 2 atom stereocenters. The first-order chi connectivity index (χ1) is 5.57. The fourth-order valence-electron chi connectivity index (χ4n) is 0.432. The average Bonchev–Trinajstić information content (AvgIpc) is 2.03. The van der Waals surface area contributed by atoms with Gasteiger partial charge in [-0.3, -0.25) is 4.79 Å². The fourth-order valence-corrected chi connectivity index (χ4v) is 0.521.